The number of aryl methyl sites for hydroxylation is 1. The summed E-state index contributed by atoms with van der Waals surface area (Å²) in [6.45, 7) is 1.63. The van der Waals surface area contributed by atoms with Gasteiger partial charge in [0.15, 0.2) is 11.5 Å². The second-order valence-electron chi connectivity index (χ2n) is 2.10. The Bertz CT molecular complexity index is 228. The Labute approximate surface area is 58.2 Å². The maximum atomic E-state index is 8.98. The molecule has 0 spiro atoms. The van der Waals surface area contributed by atoms with Crippen LogP contribution in [0.15, 0.2) is 12.1 Å². The third-order valence-corrected chi connectivity index (χ3v) is 1.33. The predicted octanol–water partition coefficient (Wildman–Crippen LogP) is 1.11. The summed E-state index contributed by atoms with van der Waals surface area (Å²) in [5.41, 5.74) is 0.537. The Hall–Kier alpha value is -1.38. The lowest BCUT2D eigenvalue weighted by Crippen LogP contribution is -1.75. The Morgan fingerprint density at radius 3 is 2.10 bits per heavy atom. The zero-order chi connectivity index (χ0) is 7.72. The Balaban J connectivity index is 3.34. The van der Waals surface area contributed by atoms with Gasteiger partial charge in [-0.15, -0.1) is 0 Å². The molecule has 0 aliphatic heterocycles. The average molecular weight is 140 g/mol. The minimum atomic E-state index is -0.458. The van der Waals surface area contributed by atoms with Gasteiger partial charge in [-0.05, 0) is 18.6 Å². The summed E-state index contributed by atoms with van der Waals surface area (Å²) < 4.78 is 0. The predicted molar refractivity (Wildman–Crippen MR) is 36.2 cm³/mol. The fourth-order valence-electron chi connectivity index (χ4n) is 0.670. The van der Waals surface area contributed by atoms with E-state index in [1.807, 2.05) is 0 Å². The minimum Gasteiger partial charge on any atom is -0.504 e. The molecule has 0 saturated carbocycles. The summed E-state index contributed by atoms with van der Waals surface area (Å²) in [5.74, 6) is -1.02. The van der Waals surface area contributed by atoms with Crippen molar-refractivity contribution < 1.29 is 15.3 Å². The molecular weight excluding hydrogens is 132 g/mol. The van der Waals surface area contributed by atoms with Crippen molar-refractivity contribution in [1.82, 2.24) is 0 Å². The highest BCUT2D eigenvalue weighted by molar-refractivity contribution is 5.52. The molecule has 1 aromatic carbocycles. The molecule has 0 saturated heterocycles. The summed E-state index contributed by atoms with van der Waals surface area (Å²) in [6, 6.07) is 2.84. The van der Waals surface area contributed by atoms with Crippen LogP contribution in [0.25, 0.3) is 0 Å². The van der Waals surface area contributed by atoms with Gasteiger partial charge in [-0.25, -0.2) is 0 Å². The first-order valence-corrected chi connectivity index (χ1v) is 2.83. The first-order valence-electron chi connectivity index (χ1n) is 2.83. The number of hydrogen-bond acceptors (Lipinski definition) is 3. The van der Waals surface area contributed by atoms with Gasteiger partial charge in [-0.1, -0.05) is 6.07 Å². The van der Waals surface area contributed by atoms with Gasteiger partial charge in [-0.2, -0.15) is 0 Å². The number of aromatic hydroxyl groups is 3. The second-order valence-corrected chi connectivity index (χ2v) is 2.10. The molecule has 0 amide bonds. The SMILES string of the molecule is Cc1ccc(O)c(O)c1O. The first kappa shape index (κ1) is 6.74. The number of phenols is 3. The molecule has 0 bridgehead atoms. The Morgan fingerprint density at radius 1 is 1.00 bits per heavy atom. The van der Waals surface area contributed by atoms with Crippen LogP contribution in [0.1, 0.15) is 5.56 Å². The van der Waals surface area contributed by atoms with E-state index in [4.69, 9.17) is 15.3 Å². The summed E-state index contributed by atoms with van der Waals surface area (Å²) in [6.07, 6.45) is 0. The monoisotopic (exact) mass is 140 g/mol. The van der Waals surface area contributed by atoms with Crippen molar-refractivity contribution in [2.24, 2.45) is 0 Å². The van der Waals surface area contributed by atoms with Gasteiger partial charge < -0.3 is 15.3 Å². The summed E-state index contributed by atoms with van der Waals surface area (Å²) in [7, 11) is 0. The summed E-state index contributed by atoms with van der Waals surface area (Å²) >= 11 is 0. The highest BCUT2D eigenvalue weighted by atomic mass is 16.3. The molecule has 0 radical (unpaired) electrons. The number of hydrogen-bond donors (Lipinski definition) is 3. The van der Waals surface area contributed by atoms with E-state index in [0.29, 0.717) is 5.56 Å². The third kappa shape index (κ3) is 0.857. The van der Waals surface area contributed by atoms with Crippen LogP contribution in [0, 0.1) is 6.92 Å². The first-order chi connectivity index (χ1) is 4.63. The molecule has 0 aromatic heterocycles. The van der Waals surface area contributed by atoms with Crippen molar-refractivity contribution in [2.75, 3.05) is 0 Å². The van der Waals surface area contributed by atoms with E-state index in [-0.39, 0.29) is 11.5 Å². The van der Waals surface area contributed by atoms with Crippen molar-refractivity contribution in [3.63, 3.8) is 0 Å². The molecule has 0 heterocycles. The summed E-state index contributed by atoms with van der Waals surface area (Å²) in [4.78, 5) is 0. The molecule has 0 aliphatic rings. The quantitative estimate of drug-likeness (QED) is 0.473. The van der Waals surface area contributed by atoms with E-state index in [1.54, 1.807) is 6.92 Å². The highest BCUT2D eigenvalue weighted by Crippen LogP contribution is 2.36. The van der Waals surface area contributed by atoms with Gasteiger partial charge in [0.1, 0.15) is 0 Å². The molecule has 3 N–H and O–H groups in total. The van der Waals surface area contributed by atoms with Gasteiger partial charge in [0.05, 0.1) is 0 Å². The normalized spacial score (nSPS) is 9.70. The molecule has 3 nitrogen and oxygen atoms in total. The van der Waals surface area contributed by atoms with Crippen molar-refractivity contribution in [2.45, 2.75) is 6.92 Å². The Morgan fingerprint density at radius 2 is 1.60 bits per heavy atom. The van der Waals surface area contributed by atoms with Crippen LogP contribution in [0.2, 0.25) is 0 Å². The van der Waals surface area contributed by atoms with E-state index < -0.39 is 5.75 Å². The lowest BCUT2D eigenvalue weighted by molar-refractivity contribution is 0.366. The van der Waals surface area contributed by atoms with Crippen LogP contribution in [-0.4, -0.2) is 15.3 Å². The van der Waals surface area contributed by atoms with Crippen molar-refractivity contribution in [1.29, 1.82) is 0 Å². The van der Waals surface area contributed by atoms with Gasteiger partial charge in [0.25, 0.3) is 0 Å². The molecule has 0 unspecified atom stereocenters. The van der Waals surface area contributed by atoms with Crippen LogP contribution in [0.5, 0.6) is 17.2 Å². The van der Waals surface area contributed by atoms with Gasteiger partial charge >= 0.3 is 0 Å². The van der Waals surface area contributed by atoms with Crippen molar-refractivity contribution >= 4 is 0 Å². The van der Waals surface area contributed by atoms with Crippen LogP contribution in [-0.2, 0) is 0 Å². The maximum absolute atomic E-state index is 8.98. The van der Waals surface area contributed by atoms with E-state index >= 15 is 0 Å². The number of phenolic OH excluding ortho intramolecular Hbond substituents is 3. The van der Waals surface area contributed by atoms with E-state index in [0.717, 1.165) is 0 Å². The molecular formula is C7H8O3. The second kappa shape index (κ2) is 2.10. The standard InChI is InChI=1S/C7H8O3/c1-4-2-3-5(8)7(10)6(4)9/h2-3,8-10H,1H3. The highest BCUT2D eigenvalue weighted by Gasteiger charge is 2.06. The fraction of sp³-hybridized carbons (Fsp3) is 0.143. The maximum Gasteiger partial charge on any atom is 0.200 e. The molecule has 3 heteroatoms. The molecule has 0 aliphatic carbocycles. The molecule has 1 rings (SSSR count). The van der Waals surface area contributed by atoms with Crippen LogP contribution >= 0.6 is 0 Å². The Kier molecular flexibility index (Phi) is 1.41. The summed E-state index contributed by atoms with van der Waals surface area (Å²) in [5, 5.41) is 26.7. The van der Waals surface area contributed by atoms with Gasteiger partial charge in [0.2, 0.25) is 5.75 Å². The molecule has 1 aromatic rings. The third-order valence-electron chi connectivity index (χ3n) is 1.33. The van der Waals surface area contributed by atoms with Gasteiger partial charge in [0, 0.05) is 0 Å². The van der Waals surface area contributed by atoms with E-state index in [1.165, 1.54) is 12.1 Å². The fourth-order valence-corrected chi connectivity index (χ4v) is 0.670. The number of rotatable bonds is 0. The molecule has 0 atom stereocenters. The number of benzene rings is 1. The molecule has 0 fully saturated rings. The largest absolute Gasteiger partial charge is 0.504 e. The smallest absolute Gasteiger partial charge is 0.200 e. The lowest BCUT2D eigenvalue weighted by atomic mass is 10.2. The minimum absolute atomic E-state index is 0.264. The zero-order valence-corrected chi connectivity index (χ0v) is 5.50. The lowest BCUT2D eigenvalue weighted by Gasteiger charge is -2.01. The van der Waals surface area contributed by atoms with E-state index in [9.17, 15) is 0 Å². The van der Waals surface area contributed by atoms with E-state index in [2.05, 4.69) is 0 Å². The van der Waals surface area contributed by atoms with Crippen LogP contribution < -0.4 is 0 Å². The average Bonchev–Trinajstić information content (AvgIpc) is 1.93. The molecule has 54 valence electrons. The zero-order valence-electron chi connectivity index (χ0n) is 5.50. The van der Waals surface area contributed by atoms with Crippen LogP contribution in [0.4, 0.5) is 0 Å². The molecule has 10 heavy (non-hydrogen) atoms. The van der Waals surface area contributed by atoms with Crippen molar-refractivity contribution in [3.8, 4) is 17.2 Å². The van der Waals surface area contributed by atoms with Crippen LogP contribution in [0.3, 0.4) is 0 Å². The topological polar surface area (TPSA) is 60.7 Å². The van der Waals surface area contributed by atoms with Crippen molar-refractivity contribution in [3.05, 3.63) is 17.7 Å². The van der Waals surface area contributed by atoms with Gasteiger partial charge in [-0.3, -0.25) is 0 Å².